The molecular formula is C20H22N2. The van der Waals surface area contributed by atoms with Gasteiger partial charge in [-0.3, -0.25) is 4.98 Å². The van der Waals surface area contributed by atoms with Gasteiger partial charge < -0.3 is 5.32 Å². The number of aromatic nitrogens is 1. The first-order chi connectivity index (χ1) is 10.8. The highest BCUT2D eigenvalue weighted by Crippen LogP contribution is 2.44. The Kier molecular flexibility index (Phi) is 3.34. The van der Waals surface area contributed by atoms with Crippen LogP contribution < -0.4 is 5.32 Å². The van der Waals surface area contributed by atoms with Crippen LogP contribution >= 0.6 is 0 Å². The molecule has 0 amide bonds. The topological polar surface area (TPSA) is 24.9 Å². The second kappa shape index (κ2) is 5.36. The number of fused-ring (bicyclic) bond motifs is 2. The highest BCUT2D eigenvalue weighted by molar-refractivity contribution is 5.53. The van der Waals surface area contributed by atoms with E-state index in [0.29, 0.717) is 0 Å². The number of hydrogen-bond donors (Lipinski definition) is 1. The molecule has 22 heavy (non-hydrogen) atoms. The van der Waals surface area contributed by atoms with Crippen LogP contribution in [0.15, 0.2) is 54.2 Å². The molecule has 2 aliphatic rings. The molecule has 1 aliphatic heterocycles. The predicted molar refractivity (Wildman–Crippen MR) is 90.1 cm³/mol. The minimum absolute atomic E-state index is 0.0915. The highest BCUT2D eigenvalue weighted by Gasteiger charge is 2.39. The molecule has 2 heterocycles. The lowest BCUT2D eigenvalue weighted by Crippen LogP contribution is -2.34. The minimum Gasteiger partial charge on any atom is -0.313 e. The molecule has 1 aromatic heterocycles. The highest BCUT2D eigenvalue weighted by atomic mass is 14.9. The van der Waals surface area contributed by atoms with E-state index in [4.69, 9.17) is 4.98 Å². The van der Waals surface area contributed by atoms with E-state index in [1.807, 2.05) is 6.20 Å². The zero-order valence-corrected chi connectivity index (χ0v) is 13.1. The fourth-order valence-corrected chi connectivity index (χ4v) is 4.12. The molecule has 2 aromatic rings. The zero-order chi connectivity index (χ0) is 15.0. The number of pyridine rings is 1. The number of benzene rings is 1. The molecule has 4 rings (SSSR count). The van der Waals surface area contributed by atoms with Gasteiger partial charge in [0.1, 0.15) is 0 Å². The van der Waals surface area contributed by atoms with Gasteiger partial charge in [-0.1, -0.05) is 42.0 Å². The van der Waals surface area contributed by atoms with Gasteiger partial charge in [-0.2, -0.15) is 0 Å². The van der Waals surface area contributed by atoms with Crippen LogP contribution in [0.5, 0.6) is 0 Å². The maximum atomic E-state index is 4.85. The number of nitrogens with one attached hydrogen (secondary N) is 1. The van der Waals surface area contributed by atoms with Crippen LogP contribution in [0, 0.1) is 0 Å². The van der Waals surface area contributed by atoms with Gasteiger partial charge in [0.2, 0.25) is 0 Å². The van der Waals surface area contributed by atoms with E-state index in [-0.39, 0.29) is 5.41 Å². The SMILES string of the molecule is CC1(C2=CCNCC2)c2ccccc2CCc2cccnc21. The van der Waals surface area contributed by atoms with E-state index in [9.17, 15) is 0 Å². The molecule has 0 saturated carbocycles. The van der Waals surface area contributed by atoms with Crippen molar-refractivity contribution in [2.24, 2.45) is 0 Å². The summed E-state index contributed by atoms with van der Waals surface area (Å²) in [4.78, 5) is 4.85. The summed E-state index contributed by atoms with van der Waals surface area (Å²) in [7, 11) is 0. The Hall–Kier alpha value is -1.93. The monoisotopic (exact) mass is 290 g/mol. The van der Waals surface area contributed by atoms with Crippen molar-refractivity contribution < 1.29 is 0 Å². The summed E-state index contributed by atoms with van der Waals surface area (Å²) < 4.78 is 0. The summed E-state index contributed by atoms with van der Waals surface area (Å²) in [6.45, 7) is 4.40. The molecular weight excluding hydrogens is 268 g/mol. The second-order valence-electron chi connectivity index (χ2n) is 6.48. The van der Waals surface area contributed by atoms with E-state index in [1.54, 1.807) is 0 Å². The molecule has 1 aromatic carbocycles. The Labute approximate surface area is 132 Å². The zero-order valence-electron chi connectivity index (χ0n) is 13.1. The van der Waals surface area contributed by atoms with Crippen molar-refractivity contribution in [3.05, 3.63) is 76.6 Å². The number of hydrogen-bond acceptors (Lipinski definition) is 2. The van der Waals surface area contributed by atoms with Crippen molar-refractivity contribution in [3.8, 4) is 0 Å². The van der Waals surface area contributed by atoms with Gasteiger partial charge >= 0.3 is 0 Å². The van der Waals surface area contributed by atoms with Gasteiger partial charge in [0, 0.05) is 12.7 Å². The Bertz CT molecular complexity index is 682. The van der Waals surface area contributed by atoms with Gasteiger partial charge in [-0.05, 0) is 55.5 Å². The second-order valence-corrected chi connectivity index (χ2v) is 6.48. The smallest absolute Gasteiger partial charge is 0.0579 e. The van der Waals surface area contributed by atoms with E-state index >= 15 is 0 Å². The molecule has 0 spiro atoms. The largest absolute Gasteiger partial charge is 0.313 e. The van der Waals surface area contributed by atoms with E-state index < -0.39 is 0 Å². The first-order valence-electron chi connectivity index (χ1n) is 8.23. The molecule has 1 N–H and O–H groups in total. The standard InChI is InChI=1S/C20H22N2/c1-20(17-10-13-21-14-11-17)18-7-3-2-5-15(18)8-9-16-6-4-12-22-19(16)20/h2-7,10,12,21H,8-9,11,13-14H2,1H3. The summed E-state index contributed by atoms with van der Waals surface area (Å²) in [6, 6.07) is 13.3. The van der Waals surface area contributed by atoms with Gasteiger partial charge in [0.15, 0.2) is 0 Å². The maximum absolute atomic E-state index is 4.85. The van der Waals surface area contributed by atoms with Crippen LogP contribution in [0.4, 0.5) is 0 Å². The van der Waals surface area contributed by atoms with Gasteiger partial charge in [0.25, 0.3) is 0 Å². The molecule has 0 fully saturated rings. The minimum atomic E-state index is -0.0915. The molecule has 2 heteroatoms. The summed E-state index contributed by atoms with van der Waals surface area (Å²) >= 11 is 0. The first-order valence-corrected chi connectivity index (χ1v) is 8.23. The lowest BCUT2D eigenvalue weighted by Gasteiger charge is -2.36. The van der Waals surface area contributed by atoms with Crippen LogP contribution in [0.3, 0.4) is 0 Å². The van der Waals surface area contributed by atoms with Gasteiger partial charge in [-0.15, -0.1) is 0 Å². The predicted octanol–water partition coefficient (Wildman–Crippen LogP) is 3.41. The Morgan fingerprint density at radius 1 is 1.00 bits per heavy atom. The lowest BCUT2D eigenvalue weighted by atomic mass is 9.69. The number of rotatable bonds is 1. The maximum Gasteiger partial charge on any atom is 0.0579 e. The van der Waals surface area contributed by atoms with E-state index in [1.165, 1.54) is 28.0 Å². The number of nitrogens with zero attached hydrogens (tertiary/aromatic N) is 1. The molecule has 0 saturated heterocycles. The average molecular weight is 290 g/mol. The average Bonchev–Trinajstić information content (AvgIpc) is 2.73. The third kappa shape index (κ3) is 2.02. The third-order valence-corrected chi connectivity index (χ3v) is 5.29. The fraction of sp³-hybridized carbons (Fsp3) is 0.350. The van der Waals surface area contributed by atoms with Gasteiger partial charge in [0.05, 0.1) is 11.1 Å². The summed E-state index contributed by atoms with van der Waals surface area (Å²) in [5, 5.41) is 3.44. The van der Waals surface area contributed by atoms with Crippen molar-refractivity contribution in [3.63, 3.8) is 0 Å². The first kappa shape index (κ1) is 13.7. The number of aryl methyl sites for hydroxylation is 2. The molecule has 112 valence electrons. The molecule has 2 nitrogen and oxygen atoms in total. The van der Waals surface area contributed by atoms with Crippen molar-refractivity contribution in [1.82, 2.24) is 10.3 Å². The molecule has 0 bridgehead atoms. The summed E-state index contributed by atoms with van der Waals surface area (Å²) in [5.74, 6) is 0. The molecule has 1 atom stereocenters. The lowest BCUT2D eigenvalue weighted by molar-refractivity contribution is 0.570. The summed E-state index contributed by atoms with van der Waals surface area (Å²) in [5.41, 5.74) is 7.00. The van der Waals surface area contributed by atoms with Crippen molar-refractivity contribution in [2.75, 3.05) is 13.1 Å². The van der Waals surface area contributed by atoms with Crippen molar-refractivity contribution in [1.29, 1.82) is 0 Å². The normalized spacial score (nSPS) is 24.0. The Morgan fingerprint density at radius 3 is 2.68 bits per heavy atom. The van der Waals surface area contributed by atoms with Crippen molar-refractivity contribution >= 4 is 0 Å². The van der Waals surface area contributed by atoms with Crippen LogP contribution in [0.1, 0.15) is 35.7 Å². The molecule has 1 aliphatic carbocycles. The van der Waals surface area contributed by atoms with E-state index in [2.05, 4.69) is 54.7 Å². The van der Waals surface area contributed by atoms with Crippen molar-refractivity contribution in [2.45, 2.75) is 31.6 Å². The molecule has 1 unspecified atom stereocenters. The third-order valence-electron chi connectivity index (χ3n) is 5.29. The Balaban J connectivity index is 2.00. The fourth-order valence-electron chi connectivity index (χ4n) is 4.12. The van der Waals surface area contributed by atoms with Gasteiger partial charge in [-0.25, -0.2) is 0 Å². The van der Waals surface area contributed by atoms with E-state index in [0.717, 1.165) is 32.4 Å². The molecule has 0 radical (unpaired) electrons. The Morgan fingerprint density at radius 2 is 1.82 bits per heavy atom. The van der Waals surface area contributed by atoms with Crippen LogP contribution in [-0.4, -0.2) is 18.1 Å². The van der Waals surface area contributed by atoms with Crippen LogP contribution in [0.25, 0.3) is 0 Å². The quantitative estimate of drug-likeness (QED) is 0.814. The van der Waals surface area contributed by atoms with Crippen LogP contribution in [0.2, 0.25) is 0 Å². The van der Waals surface area contributed by atoms with Crippen LogP contribution in [-0.2, 0) is 18.3 Å². The summed E-state index contributed by atoms with van der Waals surface area (Å²) in [6.07, 6.45) is 7.62.